The Kier molecular flexibility index (Phi) is 4.20. The molecule has 0 spiro atoms. The van der Waals surface area contributed by atoms with E-state index >= 15 is 0 Å². The molecule has 0 heterocycles. The van der Waals surface area contributed by atoms with Gasteiger partial charge in [0.25, 0.3) is 5.91 Å². The predicted molar refractivity (Wildman–Crippen MR) is 68.5 cm³/mol. The van der Waals surface area contributed by atoms with Crippen LogP contribution in [-0.4, -0.2) is 24.2 Å². The number of aliphatic hydroxyl groups excluding tert-OH is 1. The molecule has 2 N–H and O–H groups in total. The molecule has 0 bridgehead atoms. The van der Waals surface area contributed by atoms with E-state index in [2.05, 4.69) is 5.32 Å². The molecule has 1 aromatic carbocycles. The van der Waals surface area contributed by atoms with Gasteiger partial charge in [0, 0.05) is 6.54 Å². The summed E-state index contributed by atoms with van der Waals surface area (Å²) in [6.07, 6.45) is 2.42. The second kappa shape index (κ2) is 5.87. The Labute approximate surface area is 107 Å². The molecular formula is C14H19NO3. The highest BCUT2D eigenvalue weighted by atomic mass is 16.5. The van der Waals surface area contributed by atoms with E-state index in [1.165, 1.54) is 5.56 Å². The molecule has 98 valence electrons. The topological polar surface area (TPSA) is 58.6 Å². The van der Waals surface area contributed by atoms with Crippen LogP contribution in [0.25, 0.3) is 0 Å². The number of carbonyl (C=O) groups excluding carboxylic acids is 1. The van der Waals surface area contributed by atoms with Crippen LogP contribution < -0.4 is 10.1 Å². The molecule has 1 amide bonds. The fraction of sp³-hybridized carbons (Fsp3) is 0.500. The molecule has 0 radical (unpaired) electrons. The van der Waals surface area contributed by atoms with Crippen LogP contribution in [0.15, 0.2) is 18.2 Å². The average Bonchev–Trinajstić information content (AvgIpc) is 2.37. The smallest absolute Gasteiger partial charge is 0.257 e. The van der Waals surface area contributed by atoms with Crippen LogP contribution in [0.3, 0.4) is 0 Å². The monoisotopic (exact) mass is 249 g/mol. The van der Waals surface area contributed by atoms with Gasteiger partial charge in [0.1, 0.15) is 5.75 Å². The van der Waals surface area contributed by atoms with Crippen LogP contribution in [0, 0.1) is 0 Å². The SMILES string of the molecule is CCNC(=O)COc1ccc2c(c1)C(O)CCC2. The van der Waals surface area contributed by atoms with E-state index in [9.17, 15) is 9.90 Å². The number of fused-ring (bicyclic) bond motifs is 1. The van der Waals surface area contributed by atoms with Crippen molar-refractivity contribution in [1.29, 1.82) is 0 Å². The van der Waals surface area contributed by atoms with E-state index in [0.29, 0.717) is 12.3 Å². The Morgan fingerprint density at radius 2 is 2.39 bits per heavy atom. The molecule has 4 heteroatoms. The number of hydrogen-bond acceptors (Lipinski definition) is 3. The molecule has 0 saturated heterocycles. The molecule has 1 aliphatic rings. The number of likely N-dealkylation sites (N-methyl/N-ethyl adjacent to an activating group) is 1. The van der Waals surface area contributed by atoms with Crippen molar-refractivity contribution < 1.29 is 14.6 Å². The van der Waals surface area contributed by atoms with Crippen molar-refractivity contribution in [3.8, 4) is 5.75 Å². The Morgan fingerprint density at radius 1 is 1.56 bits per heavy atom. The second-order valence-electron chi connectivity index (χ2n) is 4.51. The molecular weight excluding hydrogens is 230 g/mol. The molecule has 0 aromatic heterocycles. The summed E-state index contributed by atoms with van der Waals surface area (Å²) < 4.78 is 5.41. The first-order chi connectivity index (χ1) is 8.70. The van der Waals surface area contributed by atoms with Crippen LogP contribution >= 0.6 is 0 Å². The number of nitrogens with one attached hydrogen (secondary N) is 1. The van der Waals surface area contributed by atoms with Gasteiger partial charge in [-0.3, -0.25) is 4.79 Å². The third-order valence-corrected chi connectivity index (χ3v) is 3.14. The van der Waals surface area contributed by atoms with E-state index in [1.807, 2.05) is 25.1 Å². The molecule has 18 heavy (non-hydrogen) atoms. The maximum atomic E-state index is 11.3. The maximum absolute atomic E-state index is 11.3. The van der Waals surface area contributed by atoms with Crippen LogP contribution in [0.2, 0.25) is 0 Å². The van der Waals surface area contributed by atoms with Crippen molar-refractivity contribution in [1.82, 2.24) is 5.32 Å². The minimum absolute atomic E-state index is 0.0166. The summed E-state index contributed by atoms with van der Waals surface area (Å²) in [4.78, 5) is 11.3. The molecule has 1 aromatic rings. The summed E-state index contributed by atoms with van der Waals surface area (Å²) in [5, 5.41) is 12.6. The summed E-state index contributed by atoms with van der Waals surface area (Å²) in [6.45, 7) is 2.49. The van der Waals surface area contributed by atoms with Gasteiger partial charge < -0.3 is 15.2 Å². The number of rotatable bonds is 4. The van der Waals surface area contributed by atoms with Crippen LogP contribution in [-0.2, 0) is 11.2 Å². The highest BCUT2D eigenvalue weighted by Gasteiger charge is 2.18. The van der Waals surface area contributed by atoms with Gasteiger partial charge in [-0.05, 0) is 49.4 Å². The largest absolute Gasteiger partial charge is 0.484 e. The summed E-state index contributed by atoms with van der Waals surface area (Å²) in [7, 11) is 0. The zero-order chi connectivity index (χ0) is 13.0. The highest BCUT2D eigenvalue weighted by molar-refractivity contribution is 5.77. The number of carbonyl (C=O) groups is 1. The second-order valence-corrected chi connectivity index (χ2v) is 4.51. The van der Waals surface area contributed by atoms with Crippen molar-refractivity contribution in [3.05, 3.63) is 29.3 Å². The van der Waals surface area contributed by atoms with Crippen molar-refractivity contribution in [3.63, 3.8) is 0 Å². The summed E-state index contributed by atoms with van der Waals surface area (Å²) in [5.74, 6) is 0.511. The molecule has 1 atom stereocenters. The molecule has 0 aliphatic heterocycles. The number of hydrogen-bond donors (Lipinski definition) is 2. The fourth-order valence-corrected chi connectivity index (χ4v) is 2.24. The third kappa shape index (κ3) is 3.01. The van der Waals surface area contributed by atoms with Gasteiger partial charge in [0.2, 0.25) is 0 Å². The van der Waals surface area contributed by atoms with Gasteiger partial charge in [0.15, 0.2) is 6.61 Å². The lowest BCUT2D eigenvalue weighted by Crippen LogP contribution is -2.28. The molecule has 1 aliphatic carbocycles. The Hall–Kier alpha value is -1.55. The van der Waals surface area contributed by atoms with Crippen molar-refractivity contribution in [2.24, 2.45) is 0 Å². The van der Waals surface area contributed by atoms with Gasteiger partial charge in [-0.25, -0.2) is 0 Å². The minimum Gasteiger partial charge on any atom is -0.484 e. The van der Waals surface area contributed by atoms with E-state index in [4.69, 9.17) is 4.74 Å². The average molecular weight is 249 g/mol. The minimum atomic E-state index is -0.401. The standard InChI is InChI=1S/C14H19NO3/c1-2-15-14(17)9-18-11-7-6-10-4-3-5-13(16)12(10)8-11/h6-8,13,16H,2-5,9H2,1H3,(H,15,17). The van der Waals surface area contributed by atoms with E-state index in [-0.39, 0.29) is 12.5 Å². The van der Waals surface area contributed by atoms with Gasteiger partial charge in [-0.15, -0.1) is 0 Å². The van der Waals surface area contributed by atoms with Crippen LogP contribution in [0.4, 0.5) is 0 Å². The zero-order valence-electron chi connectivity index (χ0n) is 10.6. The number of benzene rings is 1. The zero-order valence-corrected chi connectivity index (χ0v) is 10.6. The highest BCUT2D eigenvalue weighted by Crippen LogP contribution is 2.32. The van der Waals surface area contributed by atoms with Crippen molar-refractivity contribution >= 4 is 5.91 Å². The molecule has 0 fully saturated rings. The van der Waals surface area contributed by atoms with E-state index < -0.39 is 6.10 Å². The number of aliphatic hydroxyl groups is 1. The van der Waals surface area contributed by atoms with Gasteiger partial charge in [-0.1, -0.05) is 6.07 Å². The number of amides is 1. The number of aryl methyl sites for hydroxylation is 1. The van der Waals surface area contributed by atoms with Crippen LogP contribution in [0.1, 0.15) is 37.0 Å². The molecule has 1 unspecified atom stereocenters. The van der Waals surface area contributed by atoms with E-state index in [1.54, 1.807) is 0 Å². The Bertz CT molecular complexity index is 431. The summed E-state index contributed by atoms with van der Waals surface area (Å²) >= 11 is 0. The first-order valence-electron chi connectivity index (χ1n) is 6.41. The van der Waals surface area contributed by atoms with Gasteiger partial charge >= 0.3 is 0 Å². The summed E-state index contributed by atoms with van der Waals surface area (Å²) in [5.41, 5.74) is 2.12. The first-order valence-corrected chi connectivity index (χ1v) is 6.41. The fourth-order valence-electron chi connectivity index (χ4n) is 2.24. The maximum Gasteiger partial charge on any atom is 0.257 e. The molecule has 2 rings (SSSR count). The van der Waals surface area contributed by atoms with Gasteiger partial charge in [-0.2, -0.15) is 0 Å². The third-order valence-electron chi connectivity index (χ3n) is 3.14. The lowest BCUT2D eigenvalue weighted by molar-refractivity contribution is -0.122. The summed E-state index contributed by atoms with van der Waals surface area (Å²) in [6, 6.07) is 5.68. The Morgan fingerprint density at radius 3 is 3.17 bits per heavy atom. The molecule has 4 nitrogen and oxygen atoms in total. The number of ether oxygens (including phenoxy) is 1. The van der Waals surface area contributed by atoms with Crippen LogP contribution in [0.5, 0.6) is 5.75 Å². The lowest BCUT2D eigenvalue weighted by atomic mass is 9.89. The lowest BCUT2D eigenvalue weighted by Gasteiger charge is -2.21. The van der Waals surface area contributed by atoms with E-state index in [0.717, 1.165) is 24.8 Å². The normalized spacial score (nSPS) is 18.0. The molecule has 0 saturated carbocycles. The Balaban J connectivity index is 2.02. The quantitative estimate of drug-likeness (QED) is 0.851. The van der Waals surface area contributed by atoms with Crippen molar-refractivity contribution in [2.45, 2.75) is 32.3 Å². The van der Waals surface area contributed by atoms with Gasteiger partial charge in [0.05, 0.1) is 6.10 Å². The predicted octanol–water partition coefficient (Wildman–Crippen LogP) is 1.57. The van der Waals surface area contributed by atoms with Crippen molar-refractivity contribution in [2.75, 3.05) is 13.2 Å². The first kappa shape index (κ1) is 12.9.